The van der Waals surface area contributed by atoms with E-state index in [2.05, 4.69) is 0 Å². The van der Waals surface area contributed by atoms with Crippen molar-refractivity contribution in [2.45, 2.75) is 6.42 Å². The minimum atomic E-state index is -0.443. The molecule has 0 saturated heterocycles. The summed E-state index contributed by atoms with van der Waals surface area (Å²) in [5.74, 6) is -0.605. The van der Waals surface area contributed by atoms with E-state index in [0.717, 1.165) is 6.08 Å². The largest absolute Gasteiger partial charge is 0.294 e. The lowest BCUT2D eigenvalue weighted by molar-refractivity contribution is -0.114. The van der Waals surface area contributed by atoms with Crippen LogP contribution in [0.2, 0.25) is 0 Å². The molecule has 0 atom stereocenters. The second-order valence-electron chi connectivity index (χ2n) is 1.60. The number of hydrogen-bond donors (Lipinski definition) is 0. The molecule has 0 aliphatic heterocycles. The van der Waals surface area contributed by atoms with Crippen molar-refractivity contribution in [1.29, 1.82) is 0 Å². The van der Waals surface area contributed by atoms with Crippen LogP contribution in [0.5, 0.6) is 0 Å². The molecule has 1 aliphatic rings. The van der Waals surface area contributed by atoms with E-state index in [1.807, 2.05) is 0 Å². The second-order valence-corrected chi connectivity index (χ2v) is 1.60. The molecule has 0 unspecified atom stereocenters. The lowest BCUT2D eigenvalue weighted by atomic mass is 10.2. The Morgan fingerprint density at radius 3 is 2.75 bits per heavy atom. The molecule has 1 nitrogen and oxygen atoms in total. The number of carbonyl (C=O) groups is 1. The first-order valence-corrected chi connectivity index (χ1v) is 2.35. The van der Waals surface area contributed by atoms with Gasteiger partial charge in [-0.05, 0) is 6.08 Å². The van der Waals surface area contributed by atoms with Crippen LogP contribution in [0.3, 0.4) is 0 Å². The van der Waals surface area contributed by atoms with Crippen molar-refractivity contribution in [2.75, 3.05) is 0 Å². The third-order valence-corrected chi connectivity index (χ3v) is 0.895. The van der Waals surface area contributed by atoms with Gasteiger partial charge in [0.05, 0.1) is 0 Å². The highest BCUT2D eigenvalue weighted by Crippen LogP contribution is 2.06. The number of allylic oxidation sites excluding steroid dienone is 4. The molecule has 0 heterocycles. The molecular weight excluding hydrogens is 107 g/mol. The monoisotopic (exact) mass is 112 g/mol. The molecule has 8 heavy (non-hydrogen) atoms. The summed E-state index contributed by atoms with van der Waals surface area (Å²) in [6.07, 6.45) is 4.15. The van der Waals surface area contributed by atoms with Crippen LogP contribution in [0.15, 0.2) is 24.1 Å². The minimum absolute atomic E-state index is 0.162. The van der Waals surface area contributed by atoms with Gasteiger partial charge >= 0.3 is 0 Å². The zero-order valence-corrected chi connectivity index (χ0v) is 4.23. The van der Waals surface area contributed by atoms with Crippen LogP contribution in [-0.4, -0.2) is 5.78 Å². The Morgan fingerprint density at radius 2 is 2.38 bits per heavy atom. The number of halogens is 1. The molecule has 0 aromatic heterocycles. The van der Waals surface area contributed by atoms with Crippen molar-refractivity contribution in [2.24, 2.45) is 0 Å². The number of hydrogen-bond acceptors (Lipinski definition) is 1. The standard InChI is InChI=1S/C6H5FO/c7-5-2-1-3-6(8)4-5/h1-2,4H,3H2. The predicted molar refractivity (Wildman–Crippen MR) is 28.0 cm³/mol. The molecule has 1 aliphatic carbocycles. The van der Waals surface area contributed by atoms with Gasteiger partial charge in [0, 0.05) is 12.5 Å². The molecule has 0 fully saturated rings. The summed E-state index contributed by atoms with van der Waals surface area (Å²) in [6, 6.07) is 0. The molecule has 0 aromatic rings. The molecule has 0 spiro atoms. The summed E-state index contributed by atoms with van der Waals surface area (Å²) >= 11 is 0. The predicted octanol–water partition coefficient (Wildman–Crippen LogP) is 1.37. The van der Waals surface area contributed by atoms with E-state index >= 15 is 0 Å². The topological polar surface area (TPSA) is 17.1 Å². The van der Waals surface area contributed by atoms with Gasteiger partial charge < -0.3 is 0 Å². The lowest BCUT2D eigenvalue weighted by Crippen LogP contribution is -1.93. The van der Waals surface area contributed by atoms with Crippen LogP contribution in [0.1, 0.15) is 6.42 Å². The van der Waals surface area contributed by atoms with Crippen molar-refractivity contribution in [1.82, 2.24) is 0 Å². The Hall–Kier alpha value is -0.920. The van der Waals surface area contributed by atoms with E-state index in [0.29, 0.717) is 6.42 Å². The molecule has 0 bridgehead atoms. The summed E-state index contributed by atoms with van der Waals surface area (Å²) in [5, 5.41) is 0. The Labute approximate surface area is 46.5 Å². The maximum absolute atomic E-state index is 12.0. The summed E-state index contributed by atoms with van der Waals surface area (Å²) in [4.78, 5) is 10.3. The van der Waals surface area contributed by atoms with Gasteiger partial charge in [0.15, 0.2) is 5.78 Å². The summed E-state index contributed by atoms with van der Waals surface area (Å²) < 4.78 is 12.0. The van der Waals surface area contributed by atoms with Gasteiger partial charge in [0.2, 0.25) is 0 Å². The molecular formula is C6H5FO. The van der Waals surface area contributed by atoms with Crippen molar-refractivity contribution in [3.05, 3.63) is 24.1 Å². The zero-order valence-electron chi connectivity index (χ0n) is 4.23. The fraction of sp³-hybridized carbons (Fsp3) is 0.167. The smallest absolute Gasteiger partial charge is 0.162 e. The number of carbonyl (C=O) groups excluding carboxylic acids is 1. The molecule has 42 valence electrons. The summed E-state index contributed by atoms with van der Waals surface area (Å²) in [5.41, 5.74) is 0. The van der Waals surface area contributed by atoms with E-state index < -0.39 is 5.83 Å². The molecule has 0 saturated carbocycles. The van der Waals surface area contributed by atoms with E-state index in [1.54, 1.807) is 0 Å². The van der Waals surface area contributed by atoms with Crippen molar-refractivity contribution in [3.63, 3.8) is 0 Å². The Kier molecular flexibility index (Phi) is 1.24. The highest BCUT2D eigenvalue weighted by Gasteiger charge is 2.00. The van der Waals surface area contributed by atoms with E-state index in [4.69, 9.17) is 0 Å². The minimum Gasteiger partial charge on any atom is -0.294 e. The van der Waals surface area contributed by atoms with Crippen molar-refractivity contribution >= 4 is 5.78 Å². The molecule has 0 amide bonds. The van der Waals surface area contributed by atoms with E-state index in [1.165, 1.54) is 12.2 Å². The molecule has 0 N–H and O–H groups in total. The summed E-state index contributed by atoms with van der Waals surface area (Å²) in [6.45, 7) is 0. The first kappa shape index (κ1) is 5.22. The van der Waals surface area contributed by atoms with Gasteiger partial charge in [-0.3, -0.25) is 4.79 Å². The van der Waals surface area contributed by atoms with Gasteiger partial charge in [-0.1, -0.05) is 6.08 Å². The number of rotatable bonds is 0. The maximum Gasteiger partial charge on any atom is 0.162 e. The highest BCUT2D eigenvalue weighted by atomic mass is 19.1. The van der Waals surface area contributed by atoms with Crippen molar-refractivity contribution in [3.8, 4) is 0 Å². The van der Waals surface area contributed by atoms with Crippen LogP contribution < -0.4 is 0 Å². The van der Waals surface area contributed by atoms with E-state index in [9.17, 15) is 9.18 Å². The maximum atomic E-state index is 12.0. The third kappa shape index (κ3) is 1.03. The number of ketones is 1. The molecule has 2 heteroatoms. The summed E-state index contributed by atoms with van der Waals surface area (Å²) in [7, 11) is 0. The Morgan fingerprint density at radius 1 is 1.62 bits per heavy atom. The third-order valence-electron chi connectivity index (χ3n) is 0.895. The fourth-order valence-electron chi connectivity index (χ4n) is 0.548. The average Bonchev–Trinajstić information content (AvgIpc) is 1.64. The lowest BCUT2D eigenvalue weighted by Gasteiger charge is -1.93. The van der Waals surface area contributed by atoms with Crippen LogP contribution in [0.25, 0.3) is 0 Å². The van der Waals surface area contributed by atoms with Crippen LogP contribution >= 0.6 is 0 Å². The van der Waals surface area contributed by atoms with Gasteiger partial charge in [0.1, 0.15) is 5.83 Å². The van der Waals surface area contributed by atoms with Gasteiger partial charge in [0.25, 0.3) is 0 Å². The second kappa shape index (κ2) is 1.90. The first-order valence-electron chi connectivity index (χ1n) is 2.35. The molecule has 1 rings (SSSR count). The highest BCUT2D eigenvalue weighted by molar-refractivity contribution is 5.92. The van der Waals surface area contributed by atoms with Crippen molar-refractivity contribution < 1.29 is 9.18 Å². The Balaban J connectivity index is 2.77. The average molecular weight is 112 g/mol. The normalized spacial score (nSPS) is 18.6. The van der Waals surface area contributed by atoms with Gasteiger partial charge in [-0.2, -0.15) is 0 Å². The fourth-order valence-corrected chi connectivity index (χ4v) is 0.548. The SMILES string of the molecule is O=C1C=C(F)C=CC1. The van der Waals surface area contributed by atoms with Crippen LogP contribution in [0.4, 0.5) is 4.39 Å². The van der Waals surface area contributed by atoms with Crippen LogP contribution in [-0.2, 0) is 4.79 Å². The quantitative estimate of drug-likeness (QED) is 0.462. The first-order chi connectivity index (χ1) is 3.79. The van der Waals surface area contributed by atoms with Crippen LogP contribution in [0, 0.1) is 0 Å². The van der Waals surface area contributed by atoms with E-state index in [-0.39, 0.29) is 5.78 Å². The van der Waals surface area contributed by atoms with Gasteiger partial charge in [-0.25, -0.2) is 4.39 Å². The van der Waals surface area contributed by atoms with Gasteiger partial charge in [-0.15, -0.1) is 0 Å². The molecule has 0 aromatic carbocycles. The molecule has 0 radical (unpaired) electrons. The zero-order chi connectivity index (χ0) is 5.98. The Bertz CT molecular complexity index is 167.